The number of halogens is 2. The van der Waals surface area contributed by atoms with E-state index in [1.165, 1.54) is 23.5 Å². The van der Waals surface area contributed by atoms with E-state index in [9.17, 15) is 4.39 Å². The van der Waals surface area contributed by atoms with E-state index in [-0.39, 0.29) is 5.82 Å². The summed E-state index contributed by atoms with van der Waals surface area (Å²) in [5.74, 6) is -0.347. The van der Waals surface area contributed by atoms with Gasteiger partial charge in [-0.1, -0.05) is 0 Å². The molecule has 0 bridgehead atoms. The fraction of sp³-hybridized carbons (Fsp3) is 0. The lowest BCUT2D eigenvalue weighted by molar-refractivity contribution is 0.629. The third kappa shape index (κ3) is 1.42. The first-order chi connectivity index (χ1) is 6.22. The average Bonchev–Trinajstić information content (AvgIpc) is 2.47. The topological polar surface area (TPSA) is 23.8 Å². The van der Waals surface area contributed by atoms with E-state index in [1.807, 2.05) is 11.4 Å². The summed E-state index contributed by atoms with van der Waals surface area (Å²) < 4.78 is 14.9. The largest absolute Gasteiger partial charge is 0.207 e. The first-order valence-corrected chi connectivity index (χ1v) is 5.44. The molecule has 1 nitrogen and oxygen atoms in total. The Morgan fingerprint density at radius 3 is 2.92 bits per heavy atom. The third-order valence-electron chi connectivity index (χ3n) is 1.71. The summed E-state index contributed by atoms with van der Waals surface area (Å²) in [6, 6.07) is 4.73. The second kappa shape index (κ2) is 3.24. The van der Waals surface area contributed by atoms with Crippen LogP contribution in [0.3, 0.4) is 0 Å². The monoisotopic (exact) mass is 303 g/mol. The number of benzene rings is 1. The van der Waals surface area contributed by atoms with Crippen molar-refractivity contribution < 1.29 is 4.39 Å². The maximum absolute atomic E-state index is 13.0. The van der Waals surface area contributed by atoms with Crippen LogP contribution in [0.25, 0.3) is 10.1 Å². The van der Waals surface area contributed by atoms with E-state index >= 15 is 0 Å². The van der Waals surface area contributed by atoms with Crippen molar-refractivity contribution in [2.24, 2.45) is 0 Å². The van der Waals surface area contributed by atoms with Crippen LogP contribution in [0.15, 0.2) is 17.5 Å². The van der Waals surface area contributed by atoms with E-state index in [0.717, 1.165) is 13.7 Å². The zero-order chi connectivity index (χ0) is 9.42. The molecule has 1 heterocycles. The lowest BCUT2D eigenvalue weighted by atomic mass is 10.2. The first-order valence-electron chi connectivity index (χ1n) is 3.48. The van der Waals surface area contributed by atoms with E-state index < -0.39 is 0 Å². The number of nitrogens with zero attached hydrogens (tertiary/aromatic N) is 1. The van der Waals surface area contributed by atoms with Crippen LogP contribution in [0.2, 0.25) is 0 Å². The van der Waals surface area contributed by atoms with Gasteiger partial charge in [0.05, 0.1) is 10.3 Å². The van der Waals surface area contributed by atoms with Crippen molar-refractivity contribution in [3.8, 4) is 6.07 Å². The van der Waals surface area contributed by atoms with Crippen LogP contribution in [0.5, 0.6) is 0 Å². The molecule has 0 saturated carbocycles. The van der Waals surface area contributed by atoms with E-state index in [1.54, 1.807) is 0 Å². The molecular weight excluding hydrogens is 300 g/mol. The Bertz CT molecular complexity index is 512. The van der Waals surface area contributed by atoms with Crippen LogP contribution in [-0.2, 0) is 0 Å². The van der Waals surface area contributed by atoms with Crippen LogP contribution >= 0.6 is 33.9 Å². The van der Waals surface area contributed by atoms with Crippen molar-refractivity contribution in [1.29, 1.82) is 5.26 Å². The Morgan fingerprint density at radius 1 is 1.46 bits per heavy atom. The standard InChI is InChI=1S/C9H3FINS/c10-6-1-5(3-12)9-7(2-6)8(11)4-13-9/h1-2,4H. The first kappa shape index (κ1) is 8.91. The molecule has 0 spiro atoms. The molecule has 2 rings (SSSR count). The van der Waals surface area contributed by atoms with Crippen molar-refractivity contribution >= 4 is 44.0 Å². The maximum Gasteiger partial charge on any atom is 0.125 e. The summed E-state index contributed by atoms with van der Waals surface area (Å²) in [6.07, 6.45) is 0. The SMILES string of the molecule is N#Cc1cc(F)cc2c(I)csc12. The number of fused-ring (bicyclic) bond motifs is 1. The Hall–Kier alpha value is -0.670. The Kier molecular flexibility index (Phi) is 2.22. The molecule has 0 N–H and O–H groups in total. The summed E-state index contributed by atoms with van der Waals surface area (Å²) in [5.41, 5.74) is 0.419. The molecule has 0 saturated heterocycles. The van der Waals surface area contributed by atoms with Gasteiger partial charge in [0.25, 0.3) is 0 Å². The van der Waals surface area contributed by atoms with Crippen LogP contribution in [-0.4, -0.2) is 0 Å². The average molecular weight is 303 g/mol. The summed E-state index contributed by atoms with van der Waals surface area (Å²) in [5, 5.41) is 11.5. The highest BCUT2D eigenvalue weighted by Crippen LogP contribution is 2.30. The number of nitriles is 1. The fourth-order valence-electron chi connectivity index (χ4n) is 1.16. The number of hydrogen-bond donors (Lipinski definition) is 0. The highest BCUT2D eigenvalue weighted by molar-refractivity contribution is 14.1. The predicted molar refractivity (Wildman–Crippen MR) is 59.2 cm³/mol. The molecule has 13 heavy (non-hydrogen) atoms. The van der Waals surface area contributed by atoms with Gasteiger partial charge < -0.3 is 0 Å². The van der Waals surface area contributed by atoms with Crippen LogP contribution in [0.4, 0.5) is 4.39 Å². The minimum absolute atomic E-state index is 0.347. The van der Waals surface area contributed by atoms with Crippen molar-refractivity contribution in [3.05, 3.63) is 32.5 Å². The predicted octanol–water partition coefficient (Wildman–Crippen LogP) is 3.52. The van der Waals surface area contributed by atoms with Gasteiger partial charge >= 0.3 is 0 Å². The third-order valence-corrected chi connectivity index (χ3v) is 4.06. The van der Waals surface area contributed by atoms with Crippen molar-refractivity contribution in [2.45, 2.75) is 0 Å². The quantitative estimate of drug-likeness (QED) is 0.683. The fourth-order valence-corrected chi connectivity index (χ4v) is 3.02. The van der Waals surface area contributed by atoms with Gasteiger partial charge in [-0.25, -0.2) is 4.39 Å². The molecule has 0 unspecified atom stereocenters. The molecule has 0 atom stereocenters. The second-order valence-corrected chi connectivity index (χ2v) is 4.57. The highest BCUT2D eigenvalue weighted by atomic mass is 127. The van der Waals surface area contributed by atoms with Gasteiger partial charge in [0.1, 0.15) is 11.9 Å². The molecule has 0 amide bonds. The van der Waals surface area contributed by atoms with Gasteiger partial charge in [-0.3, -0.25) is 0 Å². The Morgan fingerprint density at radius 2 is 2.23 bits per heavy atom. The number of thiophene rings is 1. The minimum atomic E-state index is -0.347. The van der Waals surface area contributed by atoms with Crippen LogP contribution in [0.1, 0.15) is 5.56 Å². The maximum atomic E-state index is 13.0. The molecule has 1 aromatic heterocycles. The van der Waals surface area contributed by atoms with Crippen molar-refractivity contribution in [1.82, 2.24) is 0 Å². The molecule has 0 fully saturated rings. The van der Waals surface area contributed by atoms with Crippen molar-refractivity contribution in [3.63, 3.8) is 0 Å². The summed E-state index contributed by atoms with van der Waals surface area (Å²) >= 11 is 3.61. The molecule has 0 aliphatic rings. The molecule has 0 aliphatic carbocycles. The number of hydrogen-bond acceptors (Lipinski definition) is 2. The molecule has 64 valence electrons. The Balaban J connectivity index is 2.94. The second-order valence-electron chi connectivity index (χ2n) is 2.53. The van der Waals surface area contributed by atoms with Crippen LogP contribution < -0.4 is 0 Å². The van der Waals surface area contributed by atoms with Gasteiger partial charge in [0, 0.05) is 14.3 Å². The van der Waals surface area contributed by atoms with Gasteiger partial charge in [-0.2, -0.15) is 5.26 Å². The molecule has 0 radical (unpaired) electrons. The van der Waals surface area contributed by atoms with E-state index in [2.05, 4.69) is 22.6 Å². The summed E-state index contributed by atoms with van der Waals surface area (Å²) in [4.78, 5) is 0. The van der Waals surface area contributed by atoms with Gasteiger partial charge in [0.15, 0.2) is 0 Å². The molecule has 0 aliphatic heterocycles. The number of rotatable bonds is 0. The lowest BCUT2D eigenvalue weighted by Crippen LogP contribution is -1.79. The van der Waals surface area contributed by atoms with E-state index in [0.29, 0.717) is 5.56 Å². The van der Waals surface area contributed by atoms with Gasteiger partial charge in [0.2, 0.25) is 0 Å². The normalized spacial score (nSPS) is 10.2. The Labute approximate surface area is 91.9 Å². The molecule has 4 heteroatoms. The van der Waals surface area contributed by atoms with E-state index in [4.69, 9.17) is 5.26 Å². The highest BCUT2D eigenvalue weighted by Gasteiger charge is 2.08. The zero-order valence-corrected chi connectivity index (χ0v) is 9.32. The summed E-state index contributed by atoms with van der Waals surface area (Å²) in [7, 11) is 0. The molecule has 1 aromatic carbocycles. The zero-order valence-electron chi connectivity index (χ0n) is 6.34. The lowest BCUT2D eigenvalue weighted by Gasteiger charge is -1.94. The molecular formula is C9H3FINS. The smallest absolute Gasteiger partial charge is 0.125 e. The van der Waals surface area contributed by atoms with Gasteiger partial charge in [-0.15, -0.1) is 11.3 Å². The van der Waals surface area contributed by atoms with Crippen LogP contribution in [0, 0.1) is 20.7 Å². The van der Waals surface area contributed by atoms with Gasteiger partial charge in [-0.05, 0) is 34.7 Å². The summed E-state index contributed by atoms with van der Waals surface area (Å²) in [6.45, 7) is 0. The minimum Gasteiger partial charge on any atom is -0.207 e. The molecule has 2 aromatic rings. The van der Waals surface area contributed by atoms with Crippen molar-refractivity contribution in [2.75, 3.05) is 0 Å².